The van der Waals surface area contributed by atoms with Gasteiger partial charge in [0.1, 0.15) is 5.75 Å². The van der Waals surface area contributed by atoms with Crippen LogP contribution >= 0.6 is 24.4 Å². The summed E-state index contributed by atoms with van der Waals surface area (Å²) in [6, 6.07) is 5.41. The third-order valence-corrected chi connectivity index (χ3v) is 2.29. The molecule has 0 atom stereocenters. The number of thioether (sulfide) groups is 1. The van der Waals surface area contributed by atoms with Crippen LogP contribution in [0.3, 0.4) is 0 Å². The number of rotatable bonds is 1. The largest absolute Gasteiger partial charge is 0.507 e. The van der Waals surface area contributed by atoms with Crippen LogP contribution in [0, 0.1) is 0 Å². The third-order valence-electron chi connectivity index (χ3n) is 1.18. The normalized spacial score (nSPS) is 9.80. The molecule has 3 heteroatoms. The van der Waals surface area contributed by atoms with Crippen molar-refractivity contribution in [2.45, 2.75) is 9.79 Å². The SMILES string of the molecule is CSc1ccc(S)c(O)c1. The molecule has 1 rings (SSSR count). The molecule has 0 bridgehead atoms. The van der Waals surface area contributed by atoms with E-state index in [1.54, 1.807) is 23.9 Å². The summed E-state index contributed by atoms with van der Waals surface area (Å²) in [5, 5.41) is 9.14. The number of hydrogen-bond acceptors (Lipinski definition) is 3. The van der Waals surface area contributed by atoms with Gasteiger partial charge < -0.3 is 5.11 Å². The van der Waals surface area contributed by atoms with E-state index in [0.717, 1.165) is 4.90 Å². The summed E-state index contributed by atoms with van der Waals surface area (Å²) in [6.45, 7) is 0. The molecular formula is C7H8OS2. The molecule has 0 aliphatic rings. The van der Waals surface area contributed by atoms with Gasteiger partial charge in [0.2, 0.25) is 0 Å². The summed E-state index contributed by atoms with van der Waals surface area (Å²) in [5.41, 5.74) is 0. The van der Waals surface area contributed by atoms with Gasteiger partial charge in [0.05, 0.1) is 0 Å². The van der Waals surface area contributed by atoms with E-state index in [0.29, 0.717) is 4.90 Å². The van der Waals surface area contributed by atoms with Crippen molar-refractivity contribution in [1.29, 1.82) is 0 Å². The lowest BCUT2D eigenvalue weighted by atomic mass is 10.3. The first-order valence-electron chi connectivity index (χ1n) is 2.80. The van der Waals surface area contributed by atoms with Gasteiger partial charge >= 0.3 is 0 Å². The molecule has 0 heterocycles. The predicted molar refractivity (Wildman–Crippen MR) is 47.1 cm³/mol. The number of aromatic hydroxyl groups is 1. The Balaban J connectivity index is 3.04. The summed E-state index contributed by atoms with van der Waals surface area (Å²) in [5.74, 6) is 0.246. The van der Waals surface area contributed by atoms with Crippen molar-refractivity contribution < 1.29 is 5.11 Å². The van der Waals surface area contributed by atoms with Gasteiger partial charge in [0, 0.05) is 9.79 Å². The van der Waals surface area contributed by atoms with E-state index >= 15 is 0 Å². The highest BCUT2D eigenvalue weighted by Crippen LogP contribution is 2.26. The van der Waals surface area contributed by atoms with Gasteiger partial charge in [-0.1, -0.05) is 0 Å². The molecule has 0 aromatic heterocycles. The van der Waals surface area contributed by atoms with E-state index in [1.807, 2.05) is 12.3 Å². The van der Waals surface area contributed by atoms with E-state index in [4.69, 9.17) is 5.11 Å². The summed E-state index contributed by atoms with van der Waals surface area (Å²) in [4.78, 5) is 1.67. The van der Waals surface area contributed by atoms with Crippen LogP contribution in [0.4, 0.5) is 0 Å². The van der Waals surface area contributed by atoms with Crippen molar-refractivity contribution in [2.24, 2.45) is 0 Å². The lowest BCUT2D eigenvalue weighted by Crippen LogP contribution is -1.71. The molecule has 0 amide bonds. The maximum atomic E-state index is 9.14. The van der Waals surface area contributed by atoms with Gasteiger partial charge in [-0.15, -0.1) is 24.4 Å². The molecule has 1 N–H and O–H groups in total. The Morgan fingerprint density at radius 1 is 1.50 bits per heavy atom. The maximum absolute atomic E-state index is 9.14. The molecule has 0 saturated heterocycles. The molecule has 54 valence electrons. The molecule has 10 heavy (non-hydrogen) atoms. The number of benzene rings is 1. The van der Waals surface area contributed by atoms with Crippen LogP contribution < -0.4 is 0 Å². The lowest BCUT2D eigenvalue weighted by Gasteiger charge is -1.98. The fraction of sp³-hybridized carbons (Fsp3) is 0.143. The van der Waals surface area contributed by atoms with Crippen molar-refractivity contribution >= 4 is 24.4 Å². The molecule has 1 aromatic rings. The van der Waals surface area contributed by atoms with Crippen LogP contribution in [0.2, 0.25) is 0 Å². The Kier molecular flexibility index (Phi) is 2.51. The van der Waals surface area contributed by atoms with Crippen LogP contribution in [-0.2, 0) is 0 Å². The van der Waals surface area contributed by atoms with Crippen LogP contribution in [0.25, 0.3) is 0 Å². The van der Waals surface area contributed by atoms with Crippen molar-refractivity contribution in [3.63, 3.8) is 0 Å². The maximum Gasteiger partial charge on any atom is 0.129 e. The highest BCUT2D eigenvalue weighted by Gasteiger charge is 1.95. The monoisotopic (exact) mass is 172 g/mol. The molecule has 0 spiro atoms. The van der Waals surface area contributed by atoms with Crippen molar-refractivity contribution in [3.8, 4) is 5.75 Å². The average molecular weight is 172 g/mol. The van der Waals surface area contributed by atoms with Crippen molar-refractivity contribution in [3.05, 3.63) is 18.2 Å². The molecule has 0 unspecified atom stereocenters. The summed E-state index contributed by atoms with van der Waals surface area (Å²) < 4.78 is 0. The summed E-state index contributed by atoms with van der Waals surface area (Å²) >= 11 is 5.62. The molecule has 0 aliphatic carbocycles. The highest BCUT2D eigenvalue weighted by molar-refractivity contribution is 7.98. The van der Waals surface area contributed by atoms with E-state index < -0.39 is 0 Å². The predicted octanol–water partition coefficient (Wildman–Crippen LogP) is 2.40. The lowest BCUT2D eigenvalue weighted by molar-refractivity contribution is 0.461. The molecule has 1 aromatic carbocycles. The van der Waals surface area contributed by atoms with Gasteiger partial charge in [0.15, 0.2) is 0 Å². The summed E-state index contributed by atoms with van der Waals surface area (Å²) in [6.07, 6.45) is 1.97. The second-order valence-electron chi connectivity index (χ2n) is 1.85. The topological polar surface area (TPSA) is 20.2 Å². The molecule has 0 aliphatic heterocycles. The zero-order valence-electron chi connectivity index (χ0n) is 5.53. The van der Waals surface area contributed by atoms with Gasteiger partial charge in [-0.3, -0.25) is 0 Å². The zero-order valence-corrected chi connectivity index (χ0v) is 7.25. The minimum absolute atomic E-state index is 0.246. The van der Waals surface area contributed by atoms with Crippen LogP contribution in [0.1, 0.15) is 0 Å². The van der Waals surface area contributed by atoms with Crippen molar-refractivity contribution in [2.75, 3.05) is 6.26 Å². The second-order valence-corrected chi connectivity index (χ2v) is 3.22. The smallest absolute Gasteiger partial charge is 0.129 e. The third kappa shape index (κ3) is 1.61. The first-order chi connectivity index (χ1) is 4.74. The number of phenolic OH excluding ortho intramolecular Hbond substituents is 1. The van der Waals surface area contributed by atoms with Gasteiger partial charge in [-0.05, 0) is 24.5 Å². The number of phenols is 1. The molecule has 0 saturated carbocycles. The minimum atomic E-state index is 0.246. The first kappa shape index (κ1) is 7.82. The van der Waals surface area contributed by atoms with Gasteiger partial charge in [-0.2, -0.15) is 0 Å². The molecule has 0 fully saturated rings. The standard InChI is InChI=1S/C7H8OS2/c1-10-5-2-3-7(9)6(8)4-5/h2-4,8-9H,1H3. The molecule has 1 nitrogen and oxygen atoms in total. The first-order valence-corrected chi connectivity index (χ1v) is 4.47. The van der Waals surface area contributed by atoms with E-state index in [1.165, 1.54) is 0 Å². The Bertz CT molecular complexity index is 235. The Hall–Kier alpha value is -0.280. The molecule has 0 radical (unpaired) electrons. The zero-order chi connectivity index (χ0) is 7.56. The quantitative estimate of drug-likeness (QED) is 0.501. The Morgan fingerprint density at radius 2 is 2.20 bits per heavy atom. The van der Waals surface area contributed by atoms with Crippen LogP contribution in [0.5, 0.6) is 5.75 Å². The van der Waals surface area contributed by atoms with Crippen molar-refractivity contribution in [1.82, 2.24) is 0 Å². The Labute approximate surface area is 69.9 Å². The number of thiol groups is 1. The minimum Gasteiger partial charge on any atom is -0.507 e. The average Bonchev–Trinajstić information content (AvgIpc) is 1.95. The van der Waals surface area contributed by atoms with Gasteiger partial charge in [-0.25, -0.2) is 0 Å². The number of hydrogen-bond donors (Lipinski definition) is 2. The van der Waals surface area contributed by atoms with E-state index in [9.17, 15) is 0 Å². The fourth-order valence-electron chi connectivity index (χ4n) is 0.630. The van der Waals surface area contributed by atoms with Crippen LogP contribution in [0.15, 0.2) is 28.0 Å². The van der Waals surface area contributed by atoms with E-state index in [-0.39, 0.29) is 5.75 Å². The van der Waals surface area contributed by atoms with Gasteiger partial charge in [0.25, 0.3) is 0 Å². The molecular weight excluding hydrogens is 164 g/mol. The van der Waals surface area contributed by atoms with E-state index in [2.05, 4.69) is 12.6 Å². The second kappa shape index (κ2) is 3.21. The highest BCUT2D eigenvalue weighted by atomic mass is 32.2. The fourth-order valence-corrected chi connectivity index (χ4v) is 1.20. The van der Waals surface area contributed by atoms with Crippen LogP contribution in [-0.4, -0.2) is 11.4 Å². The Morgan fingerprint density at radius 3 is 2.70 bits per heavy atom. The summed E-state index contributed by atoms with van der Waals surface area (Å²) in [7, 11) is 0.